The summed E-state index contributed by atoms with van der Waals surface area (Å²) in [6, 6.07) is 0. The van der Waals surface area contributed by atoms with Crippen LogP contribution in [-0.4, -0.2) is 58.1 Å². The molecular weight excluding hydrogens is 85.9 g/mol. The molecule has 2 heteroatoms. The van der Waals surface area contributed by atoms with Gasteiger partial charge in [-0.05, 0) is 0 Å². The molecule has 0 nitrogen and oxygen atoms in total. The van der Waals surface area contributed by atoms with Crippen molar-refractivity contribution in [3.8, 4) is 0 Å². The Kier molecular flexibility index (Phi) is 11.2. The summed E-state index contributed by atoms with van der Waals surface area (Å²) in [5.41, 5.74) is 0. The van der Waals surface area contributed by atoms with E-state index in [2.05, 4.69) is 20.5 Å². The van der Waals surface area contributed by atoms with Gasteiger partial charge in [0, 0.05) is 0 Å². The molecule has 0 fully saturated rings. The summed E-state index contributed by atoms with van der Waals surface area (Å²) in [7, 11) is 0. The summed E-state index contributed by atoms with van der Waals surface area (Å²) < 4.78 is 0. The van der Waals surface area contributed by atoms with E-state index in [1.165, 1.54) is 0 Å². The first-order valence-corrected chi connectivity index (χ1v) is 1.73. The van der Waals surface area contributed by atoms with Gasteiger partial charge in [-0.1, -0.05) is 20.5 Å². The zero-order valence-corrected chi connectivity index (χ0v) is 3.58. The average Bonchev–Trinajstić information content (AvgIpc) is 0.811. The minimum absolute atomic E-state index is 0. The normalized spacial score (nSPS) is 5.40. The van der Waals surface area contributed by atoms with Crippen LogP contribution in [0.5, 0.6) is 0 Å². The summed E-state index contributed by atoms with van der Waals surface area (Å²) in [5.74, 6) is 0. The van der Waals surface area contributed by atoms with Gasteiger partial charge in [-0.3, -0.25) is 0 Å². The van der Waals surface area contributed by atoms with Crippen LogP contribution in [0.25, 0.3) is 0 Å². The third-order valence-corrected chi connectivity index (χ3v) is 0. The number of hydrogen-bond donors (Lipinski definition) is 0. The van der Waals surface area contributed by atoms with E-state index in [4.69, 9.17) is 0 Å². The van der Waals surface area contributed by atoms with Crippen LogP contribution in [0.15, 0.2) is 0 Å². The molecule has 0 N–H and O–H groups in total. The second kappa shape index (κ2) is 5.70. The van der Waals surface area contributed by atoms with Gasteiger partial charge >= 0.3 is 51.4 Å². The molecule has 0 saturated carbocycles. The van der Waals surface area contributed by atoms with Crippen LogP contribution in [-0.2, 0) is 0 Å². The monoisotopic (exact) mass is 96.1 g/mol. The molecular formula is C3H10BK. The van der Waals surface area contributed by atoms with Crippen LogP contribution >= 0.6 is 0 Å². The van der Waals surface area contributed by atoms with Crippen LogP contribution in [0.4, 0.5) is 0 Å². The molecule has 0 spiro atoms. The molecule has 0 heterocycles. The Labute approximate surface area is 77.2 Å². The van der Waals surface area contributed by atoms with Crippen LogP contribution < -0.4 is 0 Å². The van der Waals surface area contributed by atoms with E-state index in [-0.39, 0.29) is 51.4 Å². The molecule has 0 aromatic rings. The van der Waals surface area contributed by atoms with E-state index >= 15 is 0 Å². The van der Waals surface area contributed by atoms with Gasteiger partial charge in [-0.2, -0.15) is 0 Å². The molecule has 0 aliphatic rings. The predicted octanol–water partition coefficient (Wildman–Crippen LogP) is 0.722. The van der Waals surface area contributed by atoms with E-state index in [1.54, 1.807) is 0 Å². The van der Waals surface area contributed by atoms with E-state index in [1.807, 2.05) is 0 Å². The van der Waals surface area contributed by atoms with Crippen LogP contribution in [0.3, 0.4) is 0 Å². The van der Waals surface area contributed by atoms with Crippen LogP contribution in [0, 0.1) is 0 Å². The molecule has 0 aliphatic heterocycles. The molecule has 0 atom stereocenters. The molecule has 0 aliphatic carbocycles. The Morgan fingerprint density at radius 2 is 1.00 bits per heavy atom. The van der Waals surface area contributed by atoms with Gasteiger partial charge in [-0.15, -0.1) is 0 Å². The summed E-state index contributed by atoms with van der Waals surface area (Å²) in [5, 5.41) is 0. The Balaban J connectivity index is 0. The van der Waals surface area contributed by atoms with Gasteiger partial charge in [0.15, 0.2) is 0 Å². The fraction of sp³-hybridized carbons (Fsp3) is 1.00. The standard InChI is InChI=1S/C3H9B.K.H/c1-4(2)3;;/h1-3H3;;. The van der Waals surface area contributed by atoms with E-state index < -0.39 is 0 Å². The third-order valence-electron chi connectivity index (χ3n) is 0. The van der Waals surface area contributed by atoms with Crippen molar-refractivity contribution in [1.29, 1.82) is 0 Å². The first-order chi connectivity index (χ1) is 1.73. The van der Waals surface area contributed by atoms with Gasteiger partial charge in [0.25, 0.3) is 0 Å². The molecule has 0 unspecified atom stereocenters. The van der Waals surface area contributed by atoms with Crippen molar-refractivity contribution in [2.45, 2.75) is 20.5 Å². The van der Waals surface area contributed by atoms with Gasteiger partial charge in [-0.25, -0.2) is 0 Å². The molecule has 0 aromatic carbocycles. The fourth-order valence-corrected chi connectivity index (χ4v) is 0. The summed E-state index contributed by atoms with van der Waals surface area (Å²) in [4.78, 5) is 0. The van der Waals surface area contributed by atoms with Crippen molar-refractivity contribution in [2.75, 3.05) is 0 Å². The topological polar surface area (TPSA) is 0 Å². The predicted molar refractivity (Wildman–Crippen MR) is 30.5 cm³/mol. The second-order valence-electron chi connectivity index (χ2n) is 1.73. The first-order valence-electron chi connectivity index (χ1n) is 1.73. The van der Waals surface area contributed by atoms with Crippen molar-refractivity contribution in [3.05, 3.63) is 0 Å². The number of hydrogen-bond acceptors (Lipinski definition) is 0. The van der Waals surface area contributed by atoms with Crippen molar-refractivity contribution in [3.63, 3.8) is 0 Å². The first kappa shape index (κ1) is 9.86. The SMILES string of the molecule is CB(C)C.[KH]. The van der Waals surface area contributed by atoms with Gasteiger partial charge < -0.3 is 0 Å². The second-order valence-corrected chi connectivity index (χ2v) is 1.73. The van der Waals surface area contributed by atoms with E-state index in [9.17, 15) is 0 Å². The third kappa shape index (κ3) is 27.0. The molecule has 0 aromatic heterocycles. The molecule has 0 amide bonds. The minimum atomic E-state index is 0. The van der Waals surface area contributed by atoms with E-state index in [0.717, 1.165) is 6.71 Å². The quantitative estimate of drug-likeness (QED) is 0.390. The maximum atomic E-state index is 2.17. The molecule has 0 saturated heterocycles. The zero-order valence-electron chi connectivity index (χ0n) is 3.58. The Hall–Kier alpha value is 1.70. The van der Waals surface area contributed by atoms with Crippen LogP contribution in [0.2, 0.25) is 20.5 Å². The summed E-state index contributed by atoms with van der Waals surface area (Å²) in [6.45, 7) is 7.33. The number of rotatable bonds is 0. The van der Waals surface area contributed by atoms with Crippen molar-refractivity contribution in [2.24, 2.45) is 0 Å². The Morgan fingerprint density at radius 1 is 1.00 bits per heavy atom. The molecule has 0 bridgehead atoms. The summed E-state index contributed by atoms with van der Waals surface area (Å²) >= 11 is 0. The van der Waals surface area contributed by atoms with Crippen molar-refractivity contribution < 1.29 is 0 Å². The van der Waals surface area contributed by atoms with Gasteiger partial charge in [0.05, 0.1) is 0 Å². The van der Waals surface area contributed by atoms with Crippen molar-refractivity contribution >= 4 is 58.1 Å². The zero-order chi connectivity index (χ0) is 3.58. The van der Waals surface area contributed by atoms with E-state index in [0.29, 0.717) is 0 Å². The molecule has 26 valence electrons. The maximum absolute atomic E-state index is 2.17. The molecule has 5 heavy (non-hydrogen) atoms. The van der Waals surface area contributed by atoms with Crippen LogP contribution in [0.1, 0.15) is 0 Å². The average molecular weight is 96.0 g/mol. The Bertz CT molecular complexity index is 11.6. The van der Waals surface area contributed by atoms with Gasteiger partial charge in [0.1, 0.15) is 6.71 Å². The molecule has 0 radical (unpaired) electrons. The van der Waals surface area contributed by atoms with Crippen molar-refractivity contribution in [1.82, 2.24) is 0 Å². The Morgan fingerprint density at radius 3 is 1.00 bits per heavy atom. The fourth-order valence-electron chi connectivity index (χ4n) is 0. The molecule has 0 rings (SSSR count). The van der Waals surface area contributed by atoms with Gasteiger partial charge in [0.2, 0.25) is 0 Å². The summed E-state index contributed by atoms with van der Waals surface area (Å²) in [6.07, 6.45) is 0.